The zero-order valence-electron chi connectivity index (χ0n) is 10.4. The molecule has 1 atom stereocenters. The van der Waals surface area contributed by atoms with Crippen molar-refractivity contribution < 1.29 is 0 Å². The van der Waals surface area contributed by atoms with E-state index in [2.05, 4.69) is 43.1 Å². The van der Waals surface area contributed by atoms with Gasteiger partial charge in [-0.05, 0) is 43.0 Å². The van der Waals surface area contributed by atoms with Crippen molar-refractivity contribution in [3.63, 3.8) is 0 Å². The van der Waals surface area contributed by atoms with Crippen LogP contribution in [0.5, 0.6) is 0 Å². The highest BCUT2D eigenvalue weighted by molar-refractivity contribution is 5.28. The maximum Gasteiger partial charge on any atom is 0.0353 e. The summed E-state index contributed by atoms with van der Waals surface area (Å²) in [4.78, 5) is 4.14. The number of aryl methyl sites for hydroxylation is 2. The van der Waals surface area contributed by atoms with Gasteiger partial charge in [-0.2, -0.15) is 0 Å². The minimum atomic E-state index is 0.0198. The highest BCUT2D eigenvalue weighted by atomic mass is 14.7. The van der Waals surface area contributed by atoms with Crippen LogP contribution in [-0.4, -0.2) is 4.98 Å². The summed E-state index contributed by atoms with van der Waals surface area (Å²) in [6.07, 6.45) is 4.53. The van der Waals surface area contributed by atoms with Crippen LogP contribution in [0.4, 0.5) is 0 Å². The molecule has 0 saturated carbocycles. The van der Waals surface area contributed by atoms with Gasteiger partial charge < -0.3 is 5.73 Å². The van der Waals surface area contributed by atoms with E-state index < -0.39 is 0 Å². The smallest absolute Gasteiger partial charge is 0.0353 e. The Balaban J connectivity index is 2.14. The van der Waals surface area contributed by atoms with Crippen LogP contribution in [0, 0.1) is 13.8 Å². The monoisotopic (exact) mass is 226 g/mol. The largest absolute Gasteiger partial charge is 0.324 e. The van der Waals surface area contributed by atoms with Crippen molar-refractivity contribution in [3.05, 3.63) is 65.0 Å². The Morgan fingerprint density at radius 1 is 1.12 bits per heavy atom. The van der Waals surface area contributed by atoms with Gasteiger partial charge in [0, 0.05) is 18.4 Å². The lowest BCUT2D eigenvalue weighted by atomic mass is 9.97. The van der Waals surface area contributed by atoms with Crippen LogP contribution in [0.3, 0.4) is 0 Å². The fourth-order valence-electron chi connectivity index (χ4n) is 1.95. The number of nitrogens with two attached hydrogens (primary N) is 1. The first-order chi connectivity index (χ1) is 8.16. The third-order valence-electron chi connectivity index (χ3n) is 3.06. The number of hydrogen-bond donors (Lipinski definition) is 1. The lowest BCUT2D eigenvalue weighted by Crippen LogP contribution is -2.14. The average molecular weight is 226 g/mol. The molecule has 1 aromatic carbocycles. The normalized spacial score (nSPS) is 12.4. The van der Waals surface area contributed by atoms with E-state index in [1.54, 1.807) is 6.20 Å². The second-order valence-corrected chi connectivity index (χ2v) is 4.53. The molecule has 0 aliphatic rings. The van der Waals surface area contributed by atoms with Gasteiger partial charge in [0.25, 0.3) is 0 Å². The van der Waals surface area contributed by atoms with Crippen molar-refractivity contribution in [1.29, 1.82) is 0 Å². The lowest BCUT2D eigenvalue weighted by molar-refractivity contribution is 0.712. The number of nitrogens with zero attached hydrogens (tertiary/aromatic N) is 1. The predicted octanol–water partition coefficient (Wildman–Crippen LogP) is 2.94. The van der Waals surface area contributed by atoms with Crippen LogP contribution in [0.1, 0.15) is 28.3 Å². The fraction of sp³-hybridized carbons (Fsp3) is 0.267. The molecule has 2 N–H and O–H groups in total. The number of pyridine rings is 1. The number of benzene rings is 1. The van der Waals surface area contributed by atoms with Crippen molar-refractivity contribution in [2.75, 3.05) is 0 Å². The van der Waals surface area contributed by atoms with E-state index in [9.17, 15) is 0 Å². The van der Waals surface area contributed by atoms with Gasteiger partial charge >= 0.3 is 0 Å². The fourth-order valence-corrected chi connectivity index (χ4v) is 1.95. The molecular weight excluding hydrogens is 208 g/mol. The SMILES string of the molecule is Cc1ccc(CC(N)c2cnccc2C)cc1. The predicted molar refractivity (Wildman–Crippen MR) is 70.8 cm³/mol. The topological polar surface area (TPSA) is 38.9 Å². The molecule has 0 bridgehead atoms. The molecule has 0 spiro atoms. The van der Waals surface area contributed by atoms with Crippen molar-refractivity contribution in [2.45, 2.75) is 26.3 Å². The Labute approximate surface area is 103 Å². The highest BCUT2D eigenvalue weighted by Crippen LogP contribution is 2.18. The summed E-state index contributed by atoms with van der Waals surface area (Å²) in [7, 11) is 0. The zero-order valence-corrected chi connectivity index (χ0v) is 10.4. The van der Waals surface area contributed by atoms with Gasteiger partial charge in [0.15, 0.2) is 0 Å². The van der Waals surface area contributed by atoms with E-state index in [1.807, 2.05) is 12.3 Å². The summed E-state index contributed by atoms with van der Waals surface area (Å²) in [6, 6.07) is 10.6. The molecule has 0 saturated heterocycles. The van der Waals surface area contributed by atoms with Crippen LogP contribution in [-0.2, 0) is 6.42 Å². The average Bonchev–Trinajstić information content (AvgIpc) is 2.32. The van der Waals surface area contributed by atoms with Crippen molar-refractivity contribution in [2.24, 2.45) is 5.73 Å². The van der Waals surface area contributed by atoms with E-state index in [1.165, 1.54) is 16.7 Å². The first-order valence-electron chi connectivity index (χ1n) is 5.88. The molecule has 2 heteroatoms. The van der Waals surface area contributed by atoms with Crippen molar-refractivity contribution >= 4 is 0 Å². The van der Waals surface area contributed by atoms with Crippen molar-refractivity contribution in [3.8, 4) is 0 Å². The van der Waals surface area contributed by atoms with Crippen LogP contribution in [0.2, 0.25) is 0 Å². The van der Waals surface area contributed by atoms with E-state index in [4.69, 9.17) is 5.73 Å². The molecule has 1 heterocycles. The lowest BCUT2D eigenvalue weighted by Gasteiger charge is -2.14. The van der Waals surface area contributed by atoms with Crippen LogP contribution >= 0.6 is 0 Å². The Morgan fingerprint density at radius 3 is 2.47 bits per heavy atom. The maximum absolute atomic E-state index is 6.23. The number of rotatable bonds is 3. The minimum absolute atomic E-state index is 0.0198. The Hall–Kier alpha value is -1.67. The highest BCUT2D eigenvalue weighted by Gasteiger charge is 2.09. The van der Waals surface area contributed by atoms with Gasteiger partial charge in [-0.15, -0.1) is 0 Å². The Kier molecular flexibility index (Phi) is 3.55. The zero-order chi connectivity index (χ0) is 12.3. The van der Waals surface area contributed by atoms with Crippen molar-refractivity contribution in [1.82, 2.24) is 4.98 Å². The van der Waals surface area contributed by atoms with Gasteiger partial charge in [-0.3, -0.25) is 4.98 Å². The maximum atomic E-state index is 6.23. The summed E-state index contributed by atoms with van der Waals surface area (Å²) in [6.45, 7) is 4.17. The molecular formula is C15H18N2. The summed E-state index contributed by atoms with van der Waals surface area (Å²) >= 11 is 0. The molecule has 2 rings (SSSR count). The first kappa shape index (κ1) is 11.8. The summed E-state index contributed by atoms with van der Waals surface area (Å²) in [5.74, 6) is 0. The molecule has 1 aromatic heterocycles. The van der Waals surface area contributed by atoms with Crippen LogP contribution in [0.15, 0.2) is 42.7 Å². The van der Waals surface area contributed by atoms with Crippen LogP contribution < -0.4 is 5.73 Å². The number of aromatic nitrogens is 1. The second kappa shape index (κ2) is 5.11. The Bertz CT molecular complexity index is 489. The molecule has 0 amide bonds. The molecule has 2 aromatic rings. The van der Waals surface area contributed by atoms with Crippen LogP contribution in [0.25, 0.3) is 0 Å². The molecule has 0 aliphatic heterocycles. The molecule has 0 radical (unpaired) electrons. The quantitative estimate of drug-likeness (QED) is 0.874. The Morgan fingerprint density at radius 2 is 1.82 bits per heavy atom. The first-order valence-corrected chi connectivity index (χ1v) is 5.88. The standard InChI is InChI=1S/C15H18N2/c1-11-3-5-13(6-4-11)9-15(16)14-10-17-8-7-12(14)2/h3-8,10,15H,9,16H2,1-2H3. The third-order valence-corrected chi connectivity index (χ3v) is 3.06. The molecule has 1 unspecified atom stereocenters. The van der Waals surface area contributed by atoms with Gasteiger partial charge in [0.05, 0.1) is 0 Å². The molecule has 17 heavy (non-hydrogen) atoms. The summed E-state index contributed by atoms with van der Waals surface area (Å²) in [5, 5.41) is 0. The van der Waals surface area contributed by atoms with E-state index in [0.29, 0.717) is 0 Å². The number of hydrogen-bond acceptors (Lipinski definition) is 2. The molecule has 2 nitrogen and oxygen atoms in total. The summed E-state index contributed by atoms with van der Waals surface area (Å²) in [5.41, 5.74) is 11.1. The molecule has 0 aliphatic carbocycles. The van der Waals surface area contributed by atoms with Gasteiger partial charge in [-0.25, -0.2) is 0 Å². The van der Waals surface area contributed by atoms with E-state index in [0.717, 1.165) is 12.0 Å². The van der Waals surface area contributed by atoms with Gasteiger partial charge in [0.2, 0.25) is 0 Å². The third kappa shape index (κ3) is 2.92. The second-order valence-electron chi connectivity index (χ2n) is 4.53. The molecule has 88 valence electrons. The van der Waals surface area contributed by atoms with E-state index in [-0.39, 0.29) is 6.04 Å². The van der Waals surface area contributed by atoms with Gasteiger partial charge in [-0.1, -0.05) is 29.8 Å². The summed E-state index contributed by atoms with van der Waals surface area (Å²) < 4.78 is 0. The van der Waals surface area contributed by atoms with E-state index >= 15 is 0 Å². The molecule has 0 fully saturated rings. The minimum Gasteiger partial charge on any atom is -0.324 e. The van der Waals surface area contributed by atoms with Gasteiger partial charge in [0.1, 0.15) is 0 Å².